The zero-order valence-corrected chi connectivity index (χ0v) is 50.3. The van der Waals surface area contributed by atoms with E-state index in [9.17, 15) is 14.4 Å². The Morgan fingerprint density at radius 1 is 0.549 bits per heavy atom. The van der Waals surface area contributed by atoms with Crippen LogP contribution < -0.4 is 25.3 Å². The largest absolute Gasteiger partial charge is 0.481 e. The summed E-state index contributed by atoms with van der Waals surface area (Å²) in [5.74, 6) is 0.737. The van der Waals surface area contributed by atoms with Crippen molar-refractivity contribution in [2.75, 3.05) is 41.2 Å². The fourth-order valence-corrected chi connectivity index (χ4v) is 7.69. The molecule has 3 aromatic heterocycles. The molecule has 4 aromatic carbocycles. The molecule has 0 saturated carbocycles. The van der Waals surface area contributed by atoms with Gasteiger partial charge in [-0.2, -0.15) is 0 Å². The van der Waals surface area contributed by atoms with Crippen molar-refractivity contribution in [2.45, 2.75) is 84.7 Å². The number of hydrogen-bond donors (Lipinski definition) is 2. The molecule has 17 nitrogen and oxygen atoms in total. The minimum atomic E-state index is -0.391. The molecule has 0 bridgehead atoms. The molecule has 0 radical (unpaired) electrons. The van der Waals surface area contributed by atoms with Gasteiger partial charge >= 0.3 is 17.9 Å². The summed E-state index contributed by atoms with van der Waals surface area (Å²) in [6, 6.07) is 52.4. The number of hydrogen-bond acceptors (Lipinski definition) is 15. The Labute approximate surface area is 503 Å². The predicted octanol–water partition coefficient (Wildman–Crippen LogP) is 10.4. The zero-order chi connectivity index (χ0) is 56.3. The van der Waals surface area contributed by atoms with Gasteiger partial charge in [-0.05, 0) is 85.7 Å². The van der Waals surface area contributed by atoms with E-state index in [1.54, 1.807) is 78.0 Å². The Morgan fingerprint density at radius 2 is 0.988 bits per heavy atom. The number of nitrogens with zero attached hydrogens (tertiary/aromatic N) is 4. The summed E-state index contributed by atoms with van der Waals surface area (Å²) in [6.07, 6.45) is 8.42. The molecule has 19 heteroatoms. The summed E-state index contributed by atoms with van der Waals surface area (Å²) in [7, 11) is 4.69. The Hall–Kier alpha value is -7.37. The van der Waals surface area contributed by atoms with Crippen molar-refractivity contribution in [3.63, 3.8) is 0 Å². The number of methoxy groups -OCH3 is 3. The van der Waals surface area contributed by atoms with E-state index in [-0.39, 0.29) is 86.6 Å². The van der Waals surface area contributed by atoms with E-state index in [0.29, 0.717) is 50.0 Å². The first-order valence-electron chi connectivity index (χ1n) is 26.0. The monoisotopic (exact) mass is 1240 g/mol. The van der Waals surface area contributed by atoms with Crippen molar-refractivity contribution in [3.8, 4) is 17.6 Å². The van der Waals surface area contributed by atoms with Gasteiger partial charge in [0.05, 0.1) is 54.0 Å². The molecule has 0 saturated heterocycles. The average Bonchev–Trinajstić information content (AvgIpc) is 3.48. The van der Waals surface area contributed by atoms with E-state index in [4.69, 9.17) is 34.2 Å². The molecular weight excluding hydrogens is 1160 g/mol. The number of benzene rings is 4. The number of rotatable bonds is 23. The molecule has 446 valence electrons. The molecule has 0 amide bonds. The maximum Gasteiger partial charge on any atom is 0.330 e. The smallest absolute Gasteiger partial charge is 0.330 e. The molecule has 0 fully saturated rings. The van der Waals surface area contributed by atoms with Crippen molar-refractivity contribution in [3.05, 3.63) is 221 Å². The molecule has 0 spiro atoms. The predicted molar refractivity (Wildman–Crippen MR) is 320 cm³/mol. The standard InChI is InChI=1S/C26H30N2O3.C15H17N.C11H16N2O3.C11H13NO3.ClH.2H2O.Pd/c1-4-31-26(29)17-24(23-15-16-25(30-3)27-18-23)28(19-21-11-7-5-8-12-21)20(2)22-13-9-6-10-14-22;1-13(15-10-6-3-7-11-15)16-12-14-8-4-2-5-9-14;1-3-16-11(14)6-9(12)8-4-5-10(15-2)13-7-8;1-3-15-11(13)7-5-9-4-6-10(14-2)12-8-9;;;;/h5-16,18,20,24H,4,17,19H2,1-3H3;2-11,13,16H,12H2,1H3;4-5,7,9H,3,6,12H2,1-2H3;4-8H,3H2,1-2H3;1H;2*1H2;/b;;;7-5+;;;;/t20?,24-;13-;9-;;;;;/m010...../s1. The minimum absolute atomic E-state index is 0. The van der Waals surface area contributed by atoms with Crippen LogP contribution in [0.5, 0.6) is 17.6 Å². The van der Waals surface area contributed by atoms with Crippen molar-refractivity contribution in [1.29, 1.82) is 0 Å². The van der Waals surface area contributed by atoms with Crippen molar-refractivity contribution < 1.29 is 74.2 Å². The third-order valence-corrected chi connectivity index (χ3v) is 11.9. The molecule has 7 rings (SSSR count). The SMILES string of the molecule is CCOC(=O)/C=C/c1ccc(OC)nc1.CCOC(=O)C[C@@H](c1ccc(OC)nc1)N(Cc1ccccc1)C(C)c1ccccc1.CCOC(=O)C[C@H](N)c1ccc(OC)nc1.C[C@@H](NCc1ccccc1)c1ccccc1.Cl.O.O.[Pd]. The van der Waals surface area contributed by atoms with Gasteiger partial charge in [-0.3, -0.25) is 14.5 Å². The third kappa shape index (κ3) is 27.9. The van der Waals surface area contributed by atoms with Crippen LogP contribution in [0.15, 0.2) is 182 Å². The van der Waals surface area contributed by atoms with Gasteiger partial charge in [0.2, 0.25) is 17.6 Å². The second kappa shape index (κ2) is 43.4. The van der Waals surface area contributed by atoms with Gasteiger partial charge in [-0.1, -0.05) is 133 Å². The van der Waals surface area contributed by atoms with Gasteiger partial charge in [0.1, 0.15) is 0 Å². The topological polar surface area (TPSA) is 250 Å². The first-order chi connectivity index (χ1) is 37.9. The van der Waals surface area contributed by atoms with Crippen molar-refractivity contribution in [2.24, 2.45) is 5.73 Å². The quantitative estimate of drug-likeness (QED) is 0.0262. The molecule has 7 aromatic rings. The number of nitrogens with one attached hydrogen (secondary N) is 1. The molecule has 4 atom stereocenters. The second-order valence-electron chi connectivity index (χ2n) is 17.4. The number of halogens is 1. The third-order valence-electron chi connectivity index (χ3n) is 11.9. The number of nitrogens with two attached hydrogens (primary N) is 1. The van der Waals surface area contributed by atoms with Crippen LogP contribution in [0.2, 0.25) is 0 Å². The van der Waals surface area contributed by atoms with E-state index < -0.39 is 6.04 Å². The molecule has 0 aliphatic carbocycles. The zero-order valence-electron chi connectivity index (χ0n) is 47.9. The first-order valence-corrected chi connectivity index (χ1v) is 26.0. The number of ether oxygens (including phenoxy) is 6. The number of pyridine rings is 3. The van der Waals surface area contributed by atoms with Crippen molar-refractivity contribution in [1.82, 2.24) is 25.2 Å². The number of carbonyl (C=O) groups excluding carboxylic acids is 3. The first kappa shape index (κ1) is 74.6. The molecular formula is C63H81ClN6O11Pd. The Bertz CT molecular complexity index is 2780. The van der Waals surface area contributed by atoms with Crippen LogP contribution in [0, 0.1) is 0 Å². The Kier molecular flexibility index (Phi) is 39.5. The molecule has 7 N–H and O–H groups in total. The summed E-state index contributed by atoms with van der Waals surface area (Å²) >= 11 is 0. The molecule has 0 aliphatic rings. The molecule has 1 unspecified atom stereocenters. The van der Waals surface area contributed by atoms with E-state index >= 15 is 0 Å². The van der Waals surface area contributed by atoms with Crippen LogP contribution in [-0.2, 0) is 62.1 Å². The summed E-state index contributed by atoms with van der Waals surface area (Å²) in [5, 5.41) is 3.52. The molecule has 0 aliphatic heterocycles. The van der Waals surface area contributed by atoms with E-state index in [2.05, 4.69) is 112 Å². The van der Waals surface area contributed by atoms with Crippen LogP contribution in [0.1, 0.15) is 111 Å². The summed E-state index contributed by atoms with van der Waals surface area (Å²) in [6.45, 7) is 12.4. The maximum absolute atomic E-state index is 12.6. The van der Waals surface area contributed by atoms with Crippen LogP contribution >= 0.6 is 12.4 Å². The van der Waals surface area contributed by atoms with Crippen molar-refractivity contribution >= 4 is 36.4 Å². The summed E-state index contributed by atoms with van der Waals surface area (Å²) in [5.41, 5.74) is 13.4. The average molecular weight is 1240 g/mol. The minimum Gasteiger partial charge on any atom is -0.481 e. The normalized spacial score (nSPS) is 11.5. The maximum atomic E-state index is 12.6. The Morgan fingerprint density at radius 3 is 1.44 bits per heavy atom. The van der Waals surface area contributed by atoms with Crippen LogP contribution in [0.25, 0.3) is 6.08 Å². The van der Waals surface area contributed by atoms with E-state index in [0.717, 1.165) is 23.2 Å². The van der Waals surface area contributed by atoms with Gasteiger partial charge in [0, 0.05) is 101 Å². The number of esters is 3. The van der Waals surface area contributed by atoms with Gasteiger partial charge in [0.25, 0.3) is 0 Å². The fourth-order valence-electron chi connectivity index (χ4n) is 7.69. The van der Waals surface area contributed by atoms with Crippen LogP contribution in [0.3, 0.4) is 0 Å². The second-order valence-corrected chi connectivity index (χ2v) is 17.4. The summed E-state index contributed by atoms with van der Waals surface area (Å²) < 4.78 is 29.9. The summed E-state index contributed by atoms with van der Waals surface area (Å²) in [4.78, 5) is 49.5. The Balaban J connectivity index is 0.00000111. The van der Waals surface area contributed by atoms with Gasteiger partial charge < -0.3 is 50.4 Å². The van der Waals surface area contributed by atoms with Gasteiger partial charge in [0.15, 0.2) is 0 Å². The molecule has 3 heterocycles. The number of aromatic nitrogens is 3. The van der Waals surface area contributed by atoms with Crippen LogP contribution in [-0.4, -0.2) is 89.9 Å². The van der Waals surface area contributed by atoms with Crippen LogP contribution in [0.4, 0.5) is 0 Å². The van der Waals surface area contributed by atoms with Gasteiger partial charge in [-0.25, -0.2) is 19.7 Å². The van der Waals surface area contributed by atoms with E-state index in [1.165, 1.54) is 28.3 Å². The molecule has 82 heavy (non-hydrogen) atoms. The fraction of sp³-hybridized carbons (Fsp3) is 0.302. The van der Waals surface area contributed by atoms with Gasteiger partial charge in [-0.15, -0.1) is 12.4 Å². The van der Waals surface area contributed by atoms with E-state index in [1.807, 2.05) is 73.7 Å². The number of carbonyl (C=O) groups is 3.